The smallest absolute Gasteiger partial charge is 0.367 e. The first-order valence-electron chi connectivity index (χ1n) is 8.87. The number of rotatable bonds is 11. The van der Waals surface area contributed by atoms with Crippen LogP contribution in [-0.2, 0) is 27.9 Å². The molecule has 3 N–H and O–H groups in total. The van der Waals surface area contributed by atoms with E-state index in [1.807, 2.05) is 6.92 Å². The molecule has 1 aromatic rings. The third-order valence-corrected chi connectivity index (χ3v) is 4.84. The van der Waals surface area contributed by atoms with Crippen molar-refractivity contribution >= 4 is 16.0 Å². The fourth-order valence-electron chi connectivity index (χ4n) is 2.03. The van der Waals surface area contributed by atoms with Crippen LogP contribution >= 0.6 is 0 Å². The number of ether oxygens (including phenoxy) is 1. The summed E-state index contributed by atoms with van der Waals surface area (Å²) in [5, 5.41) is 6.08. The Balaban J connectivity index is 2.48. The second-order valence-corrected chi connectivity index (χ2v) is 7.94. The van der Waals surface area contributed by atoms with Crippen LogP contribution in [-0.4, -0.2) is 52.5 Å². The molecule has 0 atom stereocenters. The topological polar surface area (TPSA) is 91.8 Å². The van der Waals surface area contributed by atoms with E-state index in [2.05, 4.69) is 25.1 Å². The SMILES string of the molecule is CCNC(=NCc1ccc(COCC(F)(F)F)cc1)NCCNS(=O)(=O)CC. The molecule has 7 nitrogen and oxygen atoms in total. The summed E-state index contributed by atoms with van der Waals surface area (Å²) >= 11 is 0. The molecule has 0 fully saturated rings. The standard InChI is InChI=1S/C17H27F3N4O3S/c1-3-21-16(22-9-10-24-28(25,26)4-2)23-11-14-5-7-15(8-6-14)12-27-13-17(18,19)20/h5-8,24H,3-4,9-13H2,1-2H3,(H2,21,22,23). The Morgan fingerprint density at radius 2 is 1.71 bits per heavy atom. The van der Waals surface area contributed by atoms with Gasteiger partial charge in [-0.2, -0.15) is 13.2 Å². The Morgan fingerprint density at radius 3 is 2.29 bits per heavy atom. The lowest BCUT2D eigenvalue weighted by Gasteiger charge is -2.12. The Kier molecular flexibility index (Phi) is 10.3. The Bertz CT molecular complexity index is 707. The highest BCUT2D eigenvalue weighted by Crippen LogP contribution is 2.16. The van der Waals surface area contributed by atoms with Gasteiger partial charge in [0.2, 0.25) is 10.0 Å². The van der Waals surface area contributed by atoms with E-state index in [1.54, 1.807) is 31.2 Å². The monoisotopic (exact) mass is 424 g/mol. The van der Waals surface area contributed by atoms with E-state index in [0.29, 0.717) is 31.2 Å². The van der Waals surface area contributed by atoms with Gasteiger partial charge in [-0.25, -0.2) is 18.1 Å². The van der Waals surface area contributed by atoms with Gasteiger partial charge in [0.25, 0.3) is 0 Å². The zero-order chi connectivity index (χ0) is 21.0. The molecule has 0 aliphatic rings. The van der Waals surface area contributed by atoms with Crippen LogP contribution in [0.1, 0.15) is 25.0 Å². The van der Waals surface area contributed by atoms with Gasteiger partial charge in [-0.1, -0.05) is 24.3 Å². The minimum atomic E-state index is -4.33. The van der Waals surface area contributed by atoms with Gasteiger partial charge in [0.1, 0.15) is 6.61 Å². The molecular formula is C17H27F3N4O3S. The highest BCUT2D eigenvalue weighted by molar-refractivity contribution is 7.89. The zero-order valence-corrected chi connectivity index (χ0v) is 16.8. The van der Waals surface area contributed by atoms with Crippen LogP contribution in [0.5, 0.6) is 0 Å². The number of halogens is 3. The van der Waals surface area contributed by atoms with E-state index in [4.69, 9.17) is 0 Å². The number of aliphatic imine (C=N–C) groups is 1. The summed E-state index contributed by atoms with van der Waals surface area (Å²) in [4.78, 5) is 4.40. The molecule has 0 bridgehead atoms. The number of sulfonamides is 1. The maximum atomic E-state index is 12.1. The average molecular weight is 424 g/mol. The number of guanidine groups is 1. The largest absolute Gasteiger partial charge is 0.411 e. The van der Waals surface area contributed by atoms with Crippen molar-refractivity contribution in [3.05, 3.63) is 35.4 Å². The first kappa shape index (κ1) is 24.2. The Hall–Kier alpha value is -1.85. The summed E-state index contributed by atoms with van der Waals surface area (Å²) < 4.78 is 66.0. The van der Waals surface area contributed by atoms with Crippen molar-refractivity contribution in [1.82, 2.24) is 15.4 Å². The molecule has 0 amide bonds. The Morgan fingerprint density at radius 1 is 1.07 bits per heavy atom. The number of nitrogens with zero attached hydrogens (tertiary/aromatic N) is 1. The molecule has 0 aliphatic heterocycles. The predicted octanol–water partition coefficient (Wildman–Crippen LogP) is 1.76. The van der Waals surface area contributed by atoms with Crippen molar-refractivity contribution in [3.8, 4) is 0 Å². The fourth-order valence-corrected chi connectivity index (χ4v) is 2.64. The number of nitrogens with one attached hydrogen (secondary N) is 3. The lowest BCUT2D eigenvalue weighted by atomic mass is 10.1. The lowest BCUT2D eigenvalue weighted by molar-refractivity contribution is -0.176. The van der Waals surface area contributed by atoms with Crippen LogP contribution in [0.15, 0.2) is 29.3 Å². The van der Waals surface area contributed by atoms with Gasteiger partial charge in [0.05, 0.1) is 18.9 Å². The quantitative estimate of drug-likeness (QED) is 0.286. The number of benzene rings is 1. The molecule has 0 saturated heterocycles. The zero-order valence-electron chi connectivity index (χ0n) is 16.0. The molecule has 0 heterocycles. The van der Waals surface area contributed by atoms with Gasteiger partial charge >= 0.3 is 6.18 Å². The molecule has 28 heavy (non-hydrogen) atoms. The van der Waals surface area contributed by atoms with Crippen LogP contribution in [0.2, 0.25) is 0 Å². The average Bonchev–Trinajstić information content (AvgIpc) is 2.63. The molecule has 11 heteroatoms. The van der Waals surface area contributed by atoms with Crippen LogP contribution < -0.4 is 15.4 Å². The van der Waals surface area contributed by atoms with Crippen molar-refractivity contribution in [2.45, 2.75) is 33.2 Å². The summed E-state index contributed by atoms with van der Waals surface area (Å²) in [6.45, 7) is 3.71. The first-order valence-corrected chi connectivity index (χ1v) is 10.5. The maximum absolute atomic E-state index is 12.1. The summed E-state index contributed by atoms with van der Waals surface area (Å²) in [5.74, 6) is 0.564. The molecule has 0 radical (unpaired) electrons. The van der Waals surface area contributed by atoms with Crippen LogP contribution in [0.4, 0.5) is 13.2 Å². The van der Waals surface area contributed by atoms with E-state index in [1.165, 1.54) is 0 Å². The number of hydrogen-bond acceptors (Lipinski definition) is 4. The van der Waals surface area contributed by atoms with E-state index >= 15 is 0 Å². The molecule has 0 unspecified atom stereocenters. The second kappa shape index (κ2) is 11.9. The molecular weight excluding hydrogens is 397 g/mol. The van der Waals surface area contributed by atoms with E-state index in [9.17, 15) is 21.6 Å². The maximum Gasteiger partial charge on any atom is 0.411 e. The van der Waals surface area contributed by atoms with Gasteiger partial charge in [0.15, 0.2) is 5.96 Å². The first-order chi connectivity index (χ1) is 13.1. The molecule has 1 aromatic carbocycles. The number of alkyl halides is 3. The third kappa shape index (κ3) is 11.1. The molecule has 1 rings (SSSR count). The molecule has 0 aromatic heterocycles. The van der Waals surface area contributed by atoms with E-state index in [-0.39, 0.29) is 18.9 Å². The van der Waals surface area contributed by atoms with Gasteiger partial charge in [-0.05, 0) is 25.0 Å². The van der Waals surface area contributed by atoms with Gasteiger partial charge in [-0.15, -0.1) is 0 Å². The molecule has 160 valence electrons. The van der Waals surface area contributed by atoms with Crippen molar-refractivity contribution in [2.24, 2.45) is 4.99 Å². The number of hydrogen-bond donors (Lipinski definition) is 3. The lowest BCUT2D eigenvalue weighted by Crippen LogP contribution is -2.41. The predicted molar refractivity (Wildman–Crippen MR) is 102 cm³/mol. The van der Waals surface area contributed by atoms with Crippen LogP contribution in [0.25, 0.3) is 0 Å². The molecule has 0 saturated carbocycles. The fraction of sp³-hybridized carbons (Fsp3) is 0.588. The molecule has 0 spiro atoms. The molecule has 0 aliphatic carbocycles. The summed E-state index contributed by atoms with van der Waals surface area (Å²) in [7, 11) is -3.23. The van der Waals surface area contributed by atoms with E-state index in [0.717, 1.165) is 5.56 Å². The van der Waals surface area contributed by atoms with Crippen molar-refractivity contribution < 1.29 is 26.3 Å². The summed E-state index contributed by atoms with van der Waals surface area (Å²) in [6, 6.07) is 6.94. The van der Waals surface area contributed by atoms with Crippen molar-refractivity contribution in [1.29, 1.82) is 0 Å². The summed E-state index contributed by atoms with van der Waals surface area (Å²) in [5.41, 5.74) is 1.52. The van der Waals surface area contributed by atoms with Crippen LogP contribution in [0, 0.1) is 0 Å². The van der Waals surface area contributed by atoms with Crippen molar-refractivity contribution in [2.75, 3.05) is 32.0 Å². The minimum Gasteiger partial charge on any atom is -0.367 e. The van der Waals surface area contributed by atoms with Gasteiger partial charge in [0, 0.05) is 19.6 Å². The van der Waals surface area contributed by atoms with Crippen LogP contribution in [0.3, 0.4) is 0 Å². The highest BCUT2D eigenvalue weighted by Gasteiger charge is 2.27. The van der Waals surface area contributed by atoms with Gasteiger partial charge < -0.3 is 15.4 Å². The van der Waals surface area contributed by atoms with Crippen molar-refractivity contribution in [3.63, 3.8) is 0 Å². The third-order valence-electron chi connectivity index (χ3n) is 3.44. The summed E-state index contributed by atoms with van der Waals surface area (Å²) in [6.07, 6.45) is -4.33. The van der Waals surface area contributed by atoms with Gasteiger partial charge in [-0.3, -0.25) is 0 Å². The normalized spacial score (nSPS) is 12.8. The van der Waals surface area contributed by atoms with E-state index < -0.39 is 22.8 Å². The Labute approximate surface area is 163 Å². The highest BCUT2D eigenvalue weighted by atomic mass is 32.2. The minimum absolute atomic E-state index is 0.0262. The second-order valence-electron chi connectivity index (χ2n) is 5.84.